The topological polar surface area (TPSA) is 88.5 Å². The summed E-state index contributed by atoms with van der Waals surface area (Å²) in [4.78, 5) is 15.9. The number of nitriles is 1. The molecule has 26 heavy (non-hydrogen) atoms. The number of amides is 1. The van der Waals surface area contributed by atoms with Crippen LogP contribution in [0.3, 0.4) is 0 Å². The van der Waals surface area contributed by atoms with Crippen molar-refractivity contribution in [2.45, 2.75) is 6.61 Å². The minimum atomic E-state index is -0.340. The van der Waals surface area contributed by atoms with E-state index in [-0.39, 0.29) is 17.7 Å². The average molecular weight is 493 g/mol. The van der Waals surface area contributed by atoms with Crippen LogP contribution in [0.15, 0.2) is 55.2 Å². The Balaban J connectivity index is 1.81. The Morgan fingerprint density at radius 1 is 1.27 bits per heavy atom. The number of nitrogens with two attached hydrogens (primary N) is 1. The van der Waals surface area contributed by atoms with Crippen LogP contribution in [0.25, 0.3) is 6.08 Å². The zero-order valence-electron chi connectivity index (χ0n) is 13.2. The summed E-state index contributed by atoms with van der Waals surface area (Å²) in [6.07, 6.45) is 1.72. The van der Waals surface area contributed by atoms with E-state index in [4.69, 9.17) is 15.7 Å². The lowest BCUT2D eigenvalue weighted by molar-refractivity contribution is -0.113. The summed E-state index contributed by atoms with van der Waals surface area (Å²) in [5, 5.41) is 9.40. The van der Waals surface area contributed by atoms with Crippen LogP contribution in [0, 0.1) is 11.3 Å². The van der Waals surface area contributed by atoms with E-state index in [1.54, 1.807) is 12.1 Å². The maximum atomic E-state index is 11.7. The zero-order valence-corrected chi connectivity index (χ0v) is 17.2. The molecule has 130 valence electrons. The number of hydrogen-bond donors (Lipinski definition) is 1. The van der Waals surface area contributed by atoms with Gasteiger partial charge in [-0.25, -0.2) is 0 Å². The highest BCUT2D eigenvalue weighted by Gasteiger charge is 2.20. The van der Waals surface area contributed by atoms with Crippen LogP contribution in [-0.4, -0.2) is 11.1 Å². The van der Waals surface area contributed by atoms with Gasteiger partial charge >= 0.3 is 0 Å². The molecule has 8 heteroatoms. The summed E-state index contributed by atoms with van der Waals surface area (Å²) in [5.41, 5.74) is 7.75. The third-order valence-electron chi connectivity index (χ3n) is 3.47. The number of aliphatic imine (C=N–C) groups is 1. The molecule has 0 fully saturated rings. The molecule has 0 bridgehead atoms. The Morgan fingerprint density at radius 2 is 1.96 bits per heavy atom. The molecule has 3 rings (SSSR count). The highest BCUT2D eigenvalue weighted by molar-refractivity contribution is 9.11. The van der Waals surface area contributed by atoms with Crippen molar-refractivity contribution in [3.63, 3.8) is 0 Å². The number of carbonyl (C=O) groups is 1. The molecular formula is C18H11Br2N3O2S. The first-order chi connectivity index (χ1) is 12.5. The van der Waals surface area contributed by atoms with E-state index in [1.807, 2.05) is 30.3 Å². The van der Waals surface area contributed by atoms with Crippen LogP contribution in [0.4, 0.5) is 0 Å². The number of carbonyl (C=O) groups excluding carboxylic acids is 1. The van der Waals surface area contributed by atoms with E-state index >= 15 is 0 Å². The molecule has 0 radical (unpaired) electrons. The molecule has 0 aliphatic carbocycles. The van der Waals surface area contributed by atoms with Gasteiger partial charge in [-0.15, -0.1) is 0 Å². The standard InChI is InChI=1S/C18H11Br2N3O2S/c19-13-5-10(7-15-17(24)23-18(22)26-15)6-14(20)16(13)25-9-12-4-2-1-3-11(12)8-21/h1-7H,9H2,(H2,22,23,24). The quantitative estimate of drug-likeness (QED) is 0.630. The van der Waals surface area contributed by atoms with Gasteiger partial charge in [-0.2, -0.15) is 10.3 Å². The van der Waals surface area contributed by atoms with Crippen molar-refractivity contribution in [3.8, 4) is 11.8 Å². The Bertz CT molecular complexity index is 973. The van der Waals surface area contributed by atoms with Gasteiger partial charge in [0.1, 0.15) is 12.4 Å². The average Bonchev–Trinajstić information content (AvgIpc) is 2.91. The molecule has 2 N–H and O–H groups in total. The summed E-state index contributed by atoms with van der Waals surface area (Å²) >= 11 is 8.12. The van der Waals surface area contributed by atoms with E-state index in [0.717, 1.165) is 31.8 Å². The molecule has 1 amide bonds. The lowest BCUT2D eigenvalue weighted by Gasteiger charge is -2.12. The maximum Gasteiger partial charge on any atom is 0.286 e. The Hall–Kier alpha value is -2.08. The van der Waals surface area contributed by atoms with E-state index < -0.39 is 0 Å². The largest absolute Gasteiger partial charge is 0.486 e. The zero-order chi connectivity index (χ0) is 18.7. The number of hydrogen-bond acceptors (Lipinski definition) is 5. The highest BCUT2D eigenvalue weighted by Crippen LogP contribution is 2.37. The molecule has 0 atom stereocenters. The lowest BCUT2D eigenvalue weighted by atomic mass is 10.1. The maximum absolute atomic E-state index is 11.7. The first kappa shape index (κ1) is 18.7. The first-order valence-corrected chi connectivity index (χ1v) is 9.76. The van der Waals surface area contributed by atoms with Crippen molar-refractivity contribution in [3.05, 3.63) is 66.9 Å². The molecular weight excluding hydrogens is 482 g/mol. The Morgan fingerprint density at radius 3 is 2.58 bits per heavy atom. The van der Waals surface area contributed by atoms with Crippen LogP contribution < -0.4 is 10.5 Å². The fourth-order valence-corrected chi connectivity index (χ4v) is 4.42. The molecule has 0 saturated heterocycles. The summed E-state index contributed by atoms with van der Waals surface area (Å²) in [6, 6.07) is 13.1. The van der Waals surface area contributed by atoms with E-state index in [1.165, 1.54) is 0 Å². The first-order valence-electron chi connectivity index (χ1n) is 7.36. The second-order valence-electron chi connectivity index (χ2n) is 5.24. The summed E-state index contributed by atoms with van der Waals surface area (Å²) < 4.78 is 7.32. The summed E-state index contributed by atoms with van der Waals surface area (Å²) in [5.74, 6) is 0.272. The lowest BCUT2D eigenvalue weighted by Crippen LogP contribution is -2.01. The van der Waals surface area contributed by atoms with Crippen molar-refractivity contribution >= 4 is 60.8 Å². The number of thioether (sulfide) groups is 1. The number of amidine groups is 1. The van der Waals surface area contributed by atoms with Crippen LogP contribution in [-0.2, 0) is 11.4 Å². The van der Waals surface area contributed by atoms with Gasteiger partial charge in [0.15, 0.2) is 5.17 Å². The SMILES string of the molecule is N#Cc1ccccc1COc1c(Br)cc(C=C2SC(N)=NC2=O)cc1Br. The Kier molecular flexibility index (Phi) is 5.81. The van der Waals surface area contributed by atoms with Gasteiger partial charge in [0.2, 0.25) is 0 Å². The molecule has 1 aliphatic rings. The second kappa shape index (κ2) is 8.08. The van der Waals surface area contributed by atoms with Crippen molar-refractivity contribution < 1.29 is 9.53 Å². The summed E-state index contributed by atoms with van der Waals surface area (Å²) in [6.45, 7) is 0.264. The van der Waals surface area contributed by atoms with Gasteiger partial charge in [-0.05, 0) is 73.5 Å². The molecule has 1 heterocycles. The van der Waals surface area contributed by atoms with Gasteiger partial charge < -0.3 is 10.5 Å². The minimum absolute atomic E-state index is 0.246. The molecule has 5 nitrogen and oxygen atoms in total. The minimum Gasteiger partial charge on any atom is -0.486 e. The van der Waals surface area contributed by atoms with Gasteiger partial charge in [0.05, 0.1) is 25.5 Å². The van der Waals surface area contributed by atoms with Gasteiger partial charge in [-0.1, -0.05) is 18.2 Å². The molecule has 2 aromatic carbocycles. The molecule has 2 aromatic rings. The molecule has 0 saturated carbocycles. The van der Waals surface area contributed by atoms with Crippen molar-refractivity contribution in [1.29, 1.82) is 5.26 Å². The van der Waals surface area contributed by atoms with Crippen LogP contribution >= 0.6 is 43.6 Å². The third kappa shape index (κ3) is 4.18. The number of benzene rings is 2. The monoisotopic (exact) mass is 491 g/mol. The number of rotatable bonds is 4. The molecule has 0 unspecified atom stereocenters. The van der Waals surface area contributed by atoms with Crippen LogP contribution in [0.1, 0.15) is 16.7 Å². The number of halogens is 2. The number of nitrogens with zero attached hydrogens (tertiary/aromatic N) is 2. The second-order valence-corrected chi connectivity index (χ2v) is 8.01. The fraction of sp³-hybridized carbons (Fsp3) is 0.0556. The van der Waals surface area contributed by atoms with Crippen LogP contribution in [0.5, 0.6) is 5.75 Å². The van der Waals surface area contributed by atoms with Gasteiger partial charge in [0.25, 0.3) is 5.91 Å². The van der Waals surface area contributed by atoms with Gasteiger partial charge in [-0.3, -0.25) is 4.79 Å². The normalized spacial score (nSPS) is 15.0. The summed E-state index contributed by atoms with van der Waals surface area (Å²) in [7, 11) is 0. The molecule has 0 aromatic heterocycles. The highest BCUT2D eigenvalue weighted by atomic mass is 79.9. The van der Waals surface area contributed by atoms with Crippen molar-refractivity contribution in [2.75, 3.05) is 0 Å². The predicted molar refractivity (Wildman–Crippen MR) is 110 cm³/mol. The Labute approximate surface area is 171 Å². The molecule has 0 spiro atoms. The van der Waals surface area contributed by atoms with Crippen molar-refractivity contribution in [1.82, 2.24) is 0 Å². The van der Waals surface area contributed by atoms with Gasteiger partial charge in [0, 0.05) is 5.56 Å². The molecule has 1 aliphatic heterocycles. The predicted octanol–water partition coefficient (Wildman–Crippen LogP) is 4.59. The van der Waals surface area contributed by atoms with E-state index in [9.17, 15) is 4.79 Å². The van der Waals surface area contributed by atoms with E-state index in [0.29, 0.717) is 16.2 Å². The fourth-order valence-electron chi connectivity index (χ4n) is 2.28. The van der Waals surface area contributed by atoms with Crippen molar-refractivity contribution in [2.24, 2.45) is 10.7 Å². The smallest absolute Gasteiger partial charge is 0.286 e. The number of ether oxygens (including phenoxy) is 1. The van der Waals surface area contributed by atoms with Crippen LogP contribution in [0.2, 0.25) is 0 Å². The van der Waals surface area contributed by atoms with E-state index in [2.05, 4.69) is 42.9 Å². The third-order valence-corrected chi connectivity index (χ3v) is 5.46.